The zero-order valence-corrected chi connectivity index (χ0v) is 10.7. The third kappa shape index (κ3) is 2.59. The number of carbonyl (C=O) groups excluding carboxylic acids is 1. The van der Waals surface area contributed by atoms with E-state index in [9.17, 15) is 4.79 Å². The van der Waals surface area contributed by atoms with Crippen LogP contribution in [0.15, 0.2) is 35.0 Å². The van der Waals surface area contributed by atoms with Crippen LogP contribution in [0.1, 0.15) is 40.4 Å². The predicted octanol–water partition coefficient (Wildman–Crippen LogP) is 2.78. The third-order valence-electron chi connectivity index (χ3n) is 2.84. The maximum absolute atomic E-state index is 12.1. The highest BCUT2D eigenvalue weighted by Crippen LogP contribution is 2.16. The van der Waals surface area contributed by atoms with Crippen LogP contribution in [-0.4, -0.2) is 10.9 Å². The minimum atomic E-state index is -0.117. The van der Waals surface area contributed by atoms with Crippen LogP contribution in [0.2, 0.25) is 0 Å². The number of hydrogen-bond acceptors (Lipinski definition) is 3. The largest absolute Gasteiger partial charge is 0.466 e. The number of aryl methyl sites for hydroxylation is 2. The van der Waals surface area contributed by atoms with Gasteiger partial charge in [0.25, 0.3) is 5.91 Å². The van der Waals surface area contributed by atoms with Crippen LogP contribution in [-0.2, 0) is 0 Å². The zero-order chi connectivity index (χ0) is 13.1. The Bertz CT molecular complexity index is 546. The van der Waals surface area contributed by atoms with Gasteiger partial charge < -0.3 is 9.73 Å². The molecule has 4 heteroatoms. The zero-order valence-electron chi connectivity index (χ0n) is 10.7. The monoisotopic (exact) mass is 244 g/mol. The molecule has 2 aromatic rings. The molecule has 0 bridgehead atoms. The van der Waals surface area contributed by atoms with Crippen molar-refractivity contribution < 1.29 is 9.21 Å². The number of aromatic nitrogens is 1. The smallest absolute Gasteiger partial charge is 0.255 e. The number of pyridine rings is 1. The number of carbonyl (C=O) groups is 1. The van der Waals surface area contributed by atoms with Gasteiger partial charge >= 0.3 is 0 Å². The van der Waals surface area contributed by atoms with Crippen LogP contribution in [0.4, 0.5) is 0 Å². The number of nitrogens with one attached hydrogen (secondary N) is 1. The number of rotatable bonds is 3. The molecule has 18 heavy (non-hydrogen) atoms. The van der Waals surface area contributed by atoms with Crippen LogP contribution in [0.3, 0.4) is 0 Å². The van der Waals surface area contributed by atoms with Crippen LogP contribution in [0.5, 0.6) is 0 Å². The molecule has 1 amide bonds. The Kier molecular flexibility index (Phi) is 3.46. The molecule has 1 N–H and O–H groups in total. The Morgan fingerprint density at radius 1 is 1.33 bits per heavy atom. The van der Waals surface area contributed by atoms with Gasteiger partial charge in [-0.2, -0.15) is 0 Å². The molecule has 2 rings (SSSR count). The van der Waals surface area contributed by atoms with Crippen LogP contribution < -0.4 is 5.32 Å². The van der Waals surface area contributed by atoms with Gasteiger partial charge in [0.05, 0.1) is 11.6 Å². The van der Waals surface area contributed by atoms with E-state index in [0.717, 1.165) is 11.3 Å². The van der Waals surface area contributed by atoms with E-state index in [-0.39, 0.29) is 11.9 Å². The summed E-state index contributed by atoms with van der Waals surface area (Å²) < 4.78 is 5.35. The summed E-state index contributed by atoms with van der Waals surface area (Å²) in [4.78, 5) is 16.0. The second kappa shape index (κ2) is 5.04. The first kappa shape index (κ1) is 12.4. The minimum Gasteiger partial charge on any atom is -0.466 e. The fourth-order valence-electron chi connectivity index (χ4n) is 1.87. The molecule has 0 saturated heterocycles. The Hall–Kier alpha value is -2.10. The quantitative estimate of drug-likeness (QED) is 0.903. The molecule has 0 unspecified atom stereocenters. The summed E-state index contributed by atoms with van der Waals surface area (Å²) in [7, 11) is 0. The van der Waals surface area contributed by atoms with Crippen molar-refractivity contribution in [3.05, 3.63) is 53.2 Å². The van der Waals surface area contributed by atoms with E-state index in [4.69, 9.17) is 4.42 Å². The molecular formula is C14H16N2O2. The lowest BCUT2D eigenvalue weighted by Crippen LogP contribution is -2.26. The van der Waals surface area contributed by atoms with E-state index in [0.29, 0.717) is 11.3 Å². The molecule has 4 nitrogen and oxygen atoms in total. The molecule has 2 heterocycles. The van der Waals surface area contributed by atoms with Gasteiger partial charge in [-0.25, -0.2) is 0 Å². The number of furan rings is 1. The van der Waals surface area contributed by atoms with Crippen molar-refractivity contribution in [1.29, 1.82) is 0 Å². The van der Waals surface area contributed by atoms with E-state index in [2.05, 4.69) is 10.3 Å². The minimum absolute atomic E-state index is 0.0601. The fraction of sp³-hybridized carbons (Fsp3) is 0.286. The maximum atomic E-state index is 12.1. The summed E-state index contributed by atoms with van der Waals surface area (Å²) in [5.74, 6) is 1.27. The van der Waals surface area contributed by atoms with Gasteiger partial charge in [0, 0.05) is 12.4 Å². The Morgan fingerprint density at radius 2 is 2.00 bits per heavy atom. The first-order chi connectivity index (χ1) is 8.58. The standard InChI is InChI=1S/C14H16N2O2/c1-9-8-13(11(3)18-9)14(17)16-10(2)12-4-6-15-7-5-12/h4-8,10H,1-3H3,(H,16,17)/t10-/m1/s1. The average Bonchev–Trinajstić information content (AvgIpc) is 2.69. The summed E-state index contributed by atoms with van der Waals surface area (Å²) in [6.45, 7) is 5.56. The van der Waals surface area contributed by atoms with E-state index in [1.54, 1.807) is 25.4 Å². The molecule has 0 spiro atoms. The van der Waals surface area contributed by atoms with Gasteiger partial charge in [0.2, 0.25) is 0 Å². The summed E-state index contributed by atoms with van der Waals surface area (Å²) >= 11 is 0. The normalized spacial score (nSPS) is 12.2. The molecule has 0 aromatic carbocycles. The Balaban J connectivity index is 2.10. The maximum Gasteiger partial charge on any atom is 0.255 e. The van der Waals surface area contributed by atoms with Gasteiger partial charge in [-0.1, -0.05) is 0 Å². The van der Waals surface area contributed by atoms with Crippen molar-refractivity contribution in [2.24, 2.45) is 0 Å². The third-order valence-corrected chi connectivity index (χ3v) is 2.84. The highest BCUT2D eigenvalue weighted by Gasteiger charge is 2.16. The average molecular weight is 244 g/mol. The number of nitrogens with zero attached hydrogens (tertiary/aromatic N) is 1. The predicted molar refractivity (Wildman–Crippen MR) is 68.3 cm³/mol. The summed E-state index contributed by atoms with van der Waals surface area (Å²) in [5.41, 5.74) is 1.62. The van der Waals surface area contributed by atoms with Crippen LogP contribution in [0.25, 0.3) is 0 Å². The van der Waals surface area contributed by atoms with E-state index in [1.165, 1.54) is 0 Å². The Labute approximate surface area is 106 Å². The second-order valence-electron chi connectivity index (χ2n) is 4.30. The van der Waals surface area contributed by atoms with Gasteiger partial charge in [-0.3, -0.25) is 9.78 Å². The molecule has 0 radical (unpaired) electrons. The molecule has 0 aliphatic carbocycles. The van der Waals surface area contributed by atoms with Crippen LogP contribution >= 0.6 is 0 Å². The second-order valence-corrected chi connectivity index (χ2v) is 4.30. The fourth-order valence-corrected chi connectivity index (χ4v) is 1.87. The van der Waals surface area contributed by atoms with Gasteiger partial charge in [-0.05, 0) is 44.5 Å². The van der Waals surface area contributed by atoms with E-state index < -0.39 is 0 Å². The summed E-state index contributed by atoms with van der Waals surface area (Å²) in [6, 6.07) is 5.47. The van der Waals surface area contributed by atoms with Crippen molar-refractivity contribution >= 4 is 5.91 Å². The first-order valence-electron chi connectivity index (χ1n) is 5.85. The lowest BCUT2D eigenvalue weighted by molar-refractivity contribution is 0.0938. The van der Waals surface area contributed by atoms with Crippen LogP contribution in [0, 0.1) is 13.8 Å². The van der Waals surface area contributed by atoms with Crippen molar-refractivity contribution in [2.75, 3.05) is 0 Å². The van der Waals surface area contributed by atoms with Crippen molar-refractivity contribution in [3.8, 4) is 0 Å². The van der Waals surface area contributed by atoms with Gasteiger partial charge in [0.15, 0.2) is 0 Å². The molecule has 1 atom stereocenters. The van der Waals surface area contributed by atoms with Gasteiger partial charge in [-0.15, -0.1) is 0 Å². The van der Waals surface area contributed by atoms with Gasteiger partial charge in [0.1, 0.15) is 11.5 Å². The molecule has 94 valence electrons. The van der Waals surface area contributed by atoms with E-state index in [1.807, 2.05) is 26.0 Å². The lowest BCUT2D eigenvalue weighted by Gasteiger charge is -2.13. The van der Waals surface area contributed by atoms with Crippen molar-refractivity contribution in [2.45, 2.75) is 26.8 Å². The first-order valence-corrected chi connectivity index (χ1v) is 5.85. The lowest BCUT2D eigenvalue weighted by atomic mass is 10.1. The number of hydrogen-bond donors (Lipinski definition) is 1. The van der Waals surface area contributed by atoms with Crippen molar-refractivity contribution in [3.63, 3.8) is 0 Å². The highest BCUT2D eigenvalue weighted by molar-refractivity contribution is 5.95. The summed E-state index contributed by atoms with van der Waals surface area (Å²) in [5, 5.41) is 2.94. The molecule has 2 aromatic heterocycles. The summed E-state index contributed by atoms with van der Waals surface area (Å²) in [6.07, 6.45) is 3.43. The Morgan fingerprint density at radius 3 is 2.56 bits per heavy atom. The highest BCUT2D eigenvalue weighted by atomic mass is 16.3. The number of amides is 1. The molecular weight excluding hydrogens is 228 g/mol. The van der Waals surface area contributed by atoms with E-state index >= 15 is 0 Å². The molecule has 0 aliphatic rings. The molecule has 0 saturated carbocycles. The molecule has 0 fully saturated rings. The topological polar surface area (TPSA) is 55.1 Å². The SMILES string of the molecule is Cc1cc(C(=O)N[C@H](C)c2ccncc2)c(C)o1. The molecule has 0 aliphatic heterocycles. The van der Waals surface area contributed by atoms with Crippen molar-refractivity contribution in [1.82, 2.24) is 10.3 Å².